The number of urea groups is 1. The number of carbonyl (C=O) groups excluding carboxylic acids is 1. The Balaban J connectivity index is 1.93. The van der Waals surface area contributed by atoms with E-state index in [9.17, 15) is 4.79 Å². The molecular weight excluding hydrogens is 240 g/mol. The average molecular weight is 258 g/mol. The largest absolute Gasteiger partial charge is 0.323 e. The molecule has 2 amide bonds. The quantitative estimate of drug-likeness (QED) is 0.849. The highest BCUT2D eigenvalue weighted by atomic mass is 16.2. The lowest BCUT2D eigenvalue weighted by atomic mass is 10.1. The summed E-state index contributed by atoms with van der Waals surface area (Å²) in [4.78, 5) is 13.8. The number of hydrogen-bond donors (Lipinski definition) is 2. The van der Waals surface area contributed by atoms with Gasteiger partial charge in [-0.25, -0.2) is 4.79 Å². The number of nitriles is 1. The van der Waals surface area contributed by atoms with Gasteiger partial charge in [0.2, 0.25) is 0 Å². The average Bonchev–Trinajstić information content (AvgIpc) is 2.48. The molecule has 2 rings (SSSR count). The van der Waals surface area contributed by atoms with Gasteiger partial charge in [0.25, 0.3) is 0 Å². The summed E-state index contributed by atoms with van der Waals surface area (Å²) in [6.07, 6.45) is 2.13. The second-order valence-electron chi connectivity index (χ2n) is 4.73. The molecule has 0 saturated carbocycles. The molecule has 0 bridgehead atoms. The summed E-state index contributed by atoms with van der Waals surface area (Å²) in [7, 11) is 1.82. The molecule has 100 valence electrons. The van der Waals surface area contributed by atoms with Gasteiger partial charge in [0, 0.05) is 25.3 Å². The summed E-state index contributed by atoms with van der Waals surface area (Å²) >= 11 is 0. The van der Waals surface area contributed by atoms with Gasteiger partial charge in [0.05, 0.1) is 11.6 Å². The van der Waals surface area contributed by atoms with Gasteiger partial charge in [-0.3, -0.25) is 0 Å². The molecule has 1 aliphatic heterocycles. The molecule has 19 heavy (non-hydrogen) atoms. The first kappa shape index (κ1) is 13.4. The zero-order valence-electron chi connectivity index (χ0n) is 11.0. The van der Waals surface area contributed by atoms with Crippen LogP contribution in [0.2, 0.25) is 0 Å². The molecular formula is C14H18N4O. The second-order valence-corrected chi connectivity index (χ2v) is 4.73. The predicted molar refractivity (Wildman–Crippen MR) is 73.8 cm³/mol. The Labute approximate surface area is 113 Å². The highest BCUT2D eigenvalue weighted by Gasteiger charge is 2.21. The third-order valence-corrected chi connectivity index (χ3v) is 3.40. The molecule has 1 aromatic rings. The number of nitrogens with zero attached hydrogens (tertiary/aromatic N) is 2. The van der Waals surface area contributed by atoms with Crippen LogP contribution in [-0.4, -0.2) is 37.1 Å². The summed E-state index contributed by atoms with van der Waals surface area (Å²) in [5.74, 6) is 0. The minimum absolute atomic E-state index is 0.113. The van der Waals surface area contributed by atoms with E-state index in [-0.39, 0.29) is 12.1 Å². The molecule has 0 spiro atoms. The van der Waals surface area contributed by atoms with Crippen LogP contribution in [0.3, 0.4) is 0 Å². The first-order valence-electron chi connectivity index (χ1n) is 6.45. The maximum Gasteiger partial charge on any atom is 0.321 e. The van der Waals surface area contributed by atoms with E-state index in [1.807, 2.05) is 7.05 Å². The lowest BCUT2D eigenvalue weighted by Crippen LogP contribution is -2.48. The maximum atomic E-state index is 12.1. The van der Waals surface area contributed by atoms with E-state index in [4.69, 9.17) is 5.26 Å². The van der Waals surface area contributed by atoms with Crippen LogP contribution in [-0.2, 0) is 0 Å². The SMILES string of the molecule is CN(C(=O)Nc1ccc(C#N)cc1)C1CCCNC1. The number of amides is 2. The Kier molecular flexibility index (Phi) is 4.37. The van der Waals surface area contributed by atoms with Crippen LogP contribution in [0.15, 0.2) is 24.3 Å². The molecule has 1 saturated heterocycles. The van der Waals surface area contributed by atoms with Crippen LogP contribution < -0.4 is 10.6 Å². The fourth-order valence-electron chi connectivity index (χ4n) is 2.17. The number of benzene rings is 1. The Hall–Kier alpha value is -2.06. The van der Waals surface area contributed by atoms with Crippen LogP contribution in [0.4, 0.5) is 10.5 Å². The number of piperidine rings is 1. The Morgan fingerprint density at radius 3 is 2.79 bits per heavy atom. The number of likely N-dealkylation sites (N-methyl/N-ethyl adjacent to an activating group) is 1. The molecule has 1 fully saturated rings. The number of anilines is 1. The standard InChI is InChI=1S/C14H18N4O/c1-18(13-3-2-8-16-10-13)14(19)17-12-6-4-11(9-15)5-7-12/h4-7,13,16H,2-3,8,10H2,1H3,(H,17,19). The van der Waals surface area contributed by atoms with Crippen molar-refractivity contribution in [3.05, 3.63) is 29.8 Å². The molecule has 2 N–H and O–H groups in total. The third-order valence-electron chi connectivity index (χ3n) is 3.40. The van der Waals surface area contributed by atoms with Gasteiger partial charge >= 0.3 is 6.03 Å². The summed E-state index contributed by atoms with van der Waals surface area (Å²) in [6.45, 7) is 1.87. The van der Waals surface area contributed by atoms with Crippen molar-refractivity contribution in [2.45, 2.75) is 18.9 Å². The lowest BCUT2D eigenvalue weighted by molar-refractivity contribution is 0.191. The van der Waals surface area contributed by atoms with Crippen molar-refractivity contribution in [2.24, 2.45) is 0 Å². The second kappa shape index (κ2) is 6.21. The summed E-state index contributed by atoms with van der Waals surface area (Å²) in [6, 6.07) is 9.04. The number of rotatable bonds is 2. The molecule has 0 aliphatic carbocycles. The van der Waals surface area contributed by atoms with Crippen LogP contribution in [0, 0.1) is 11.3 Å². The minimum Gasteiger partial charge on any atom is -0.323 e. The van der Waals surface area contributed by atoms with E-state index >= 15 is 0 Å². The molecule has 1 heterocycles. The van der Waals surface area contributed by atoms with E-state index in [1.165, 1.54) is 0 Å². The van der Waals surface area contributed by atoms with Gasteiger partial charge in [-0.2, -0.15) is 5.26 Å². The van der Waals surface area contributed by atoms with Crippen molar-refractivity contribution in [3.8, 4) is 6.07 Å². The van der Waals surface area contributed by atoms with E-state index in [0.717, 1.165) is 25.9 Å². The van der Waals surface area contributed by atoms with E-state index in [1.54, 1.807) is 29.2 Å². The predicted octanol–water partition coefficient (Wildman–Crippen LogP) is 1.77. The van der Waals surface area contributed by atoms with E-state index in [0.29, 0.717) is 11.3 Å². The maximum absolute atomic E-state index is 12.1. The van der Waals surface area contributed by atoms with Gasteiger partial charge in [0.15, 0.2) is 0 Å². The highest BCUT2D eigenvalue weighted by Crippen LogP contribution is 2.13. The fraction of sp³-hybridized carbons (Fsp3) is 0.429. The molecule has 1 unspecified atom stereocenters. The first-order chi connectivity index (χ1) is 9.20. The Morgan fingerprint density at radius 1 is 1.47 bits per heavy atom. The van der Waals surface area contributed by atoms with Crippen molar-refractivity contribution in [2.75, 3.05) is 25.5 Å². The summed E-state index contributed by atoms with van der Waals surface area (Å²) in [5, 5.41) is 14.8. The van der Waals surface area contributed by atoms with Crippen molar-refractivity contribution < 1.29 is 4.79 Å². The van der Waals surface area contributed by atoms with Crippen LogP contribution in [0.25, 0.3) is 0 Å². The van der Waals surface area contributed by atoms with Crippen LogP contribution in [0.5, 0.6) is 0 Å². The smallest absolute Gasteiger partial charge is 0.321 e. The van der Waals surface area contributed by atoms with Gasteiger partial charge in [0.1, 0.15) is 0 Å². The Bertz CT molecular complexity index is 471. The topological polar surface area (TPSA) is 68.2 Å². The highest BCUT2D eigenvalue weighted by molar-refractivity contribution is 5.89. The normalized spacial score (nSPS) is 18.4. The number of hydrogen-bond acceptors (Lipinski definition) is 3. The van der Waals surface area contributed by atoms with Crippen molar-refractivity contribution in [1.29, 1.82) is 5.26 Å². The Morgan fingerprint density at radius 2 is 2.21 bits per heavy atom. The minimum atomic E-state index is -0.113. The molecule has 1 aromatic carbocycles. The van der Waals surface area contributed by atoms with Crippen molar-refractivity contribution in [3.63, 3.8) is 0 Å². The monoisotopic (exact) mass is 258 g/mol. The molecule has 0 aromatic heterocycles. The van der Waals surface area contributed by atoms with Gasteiger partial charge in [-0.1, -0.05) is 0 Å². The van der Waals surface area contributed by atoms with Crippen molar-refractivity contribution in [1.82, 2.24) is 10.2 Å². The van der Waals surface area contributed by atoms with Crippen LogP contribution >= 0.6 is 0 Å². The molecule has 1 atom stereocenters. The molecule has 5 nitrogen and oxygen atoms in total. The van der Waals surface area contributed by atoms with Crippen LogP contribution in [0.1, 0.15) is 18.4 Å². The summed E-state index contributed by atoms with van der Waals surface area (Å²) in [5.41, 5.74) is 1.29. The molecule has 5 heteroatoms. The number of nitrogens with one attached hydrogen (secondary N) is 2. The van der Waals surface area contributed by atoms with Crippen molar-refractivity contribution >= 4 is 11.7 Å². The fourth-order valence-corrected chi connectivity index (χ4v) is 2.17. The first-order valence-corrected chi connectivity index (χ1v) is 6.45. The molecule has 0 radical (unpaired) electrons. The lowest BCUT2D eigenvalue weighted by Gasteiger charge is -2.31. The molecule has 1 aliphatic rings. The van der Waals surface area contributed by atoms with E-state index in [2.05, 4.69) is 16.7 Å². The van der Waals surface area contributed by atoms with Gasteiger partial charge < -0.3 is 15.5 Å². The van der Waals surface area contributed by atoms with E-state index < -0.39 is 0 Å². The summed E-state index contributed by atoms with van der Waals surface area (Å²) < 4.78 is 0. The van der Waals surface area contributed by atoms with Gasteiger partial charge in [-0.05, 0) is 43.7 Å². The van der Waals surface area contributed by atoms with Gasteiger partial charge in [-0.15, -0.1) is 0 Å². The third kappa shape index (κ3) is 3.46. The number of carbonyl (C=O) groups is 1. The zero-order valence-corrected chi connectivity index (χ0v) is 11.0. The zero-order chi connectivity index (χ0) is 13.7.